The summed E-state index contributed by atoms with van der Waals surface area (Å²) >= 11 is 5.20. The molecule has 8 heteroatoms. The Hall–Kier alpha value is -2.87. The number of nitrogens with zero attached hydrogens (tertiary/aromatic N) is 1. The van der Waals surface area contributed by atoms with Gasteiger partial charge in [-0.25, -0.2) is 4.39 Å². The van der Waals surface area contributed by atoms with Crippen molar-refractivity contribution in [2.24, 2.45) is 0 Å². The Balaban J connectivity index is 1.38. The predicted molar refractivity (Wildman–Crippen MR) is 114 cm³/mol. The van der Waals surface area contributed by atoms with Gasteiger partial charge in [0.2, 0.25) is 0 Å². The maximum absolute atomic E-state index is 14.5. The molecule has 6 nitrogen and oxygen atoms in total. The number of ether oxygens (including phenoxy) is 2. The molecule has 2 aliphatic heterocycles. The van der Waals surface area contributed by atoms with E-state index in [1.54, 1.807) is 30.3 Å². The number of thiocarbonyl (C=S) groups is 1. The molecule has 0 unspecified atom stereocenters. The van der Waals surface area contributed by atoms with Crippen molar-refractivity contribution in [2.75, 3.05) is 36.5 Å². The fourth-order valence-corrected chi connectivity index (χ4v) is 3.71. The Labute approximate surface area is 174 Å². The minimum atomic E-state index is -0.384. The number of hydrogen-bond donors (Lipinski definition) is 2. The molecule has 0 saturated carbocycles. The molecule has 1 amide bonds. The van der Waals surface area contributed by atoms with Gasteiger partial charge in [0.1, 0.15) is 19.0 Å². The van der Waals surface area contributed by atoms with Crippen molar-refractivity contribution in [2.45, 2.75) is 19.3 Å². The lowest BCUT2D eigenvalue weighted by molar-refractivity contribution is 0.0976. The van der Waals surface area contributed by atoms with Crippen molar-refractivity contribution in [3.63, 3.8) is 0 Å². The number of fused-ring (bicyclic) bond motifs is 1. The largest absolute Gasteiger partial charge is 0.486 e. The zero-order valence-electron chi connectivity index (χ0n) is 15.9. The molecule has 2 aromatic carbocycles. The fourth-order valence-electron chi connectivity index (χ4n) is 3.50. The Morgan fingerprint density at radius 3 is 2.52 bits per heavy atom. The van der Waals surface area contributed by atoms with E-state index in [0.717, 1.165) is 25.9 Å². The minimum Gasteiger partial charge on any atom is -0.486 e. The fraction of sp³-hybridized carbons (Fsp3) is 0.333. The van der Waals surface area contributed by atoms with Crippen LogP contribution in [0.3, 0.4) is 0 Å². The highest BCUT2D eigenvalue weighted by Crippen LogP contribution is 2.30. The summed E-state index contributed by atoms with van der Waals surface area (Å²) in [6, 6.07) is 9.84. The van der Waals surface area contributed by atoms with E-state index in [-0.39, 0.29) is 16.8 Å². The third-order valence-corrected chi connectivity index (χ3v) is 5.14. The predicted octanol–water partition coefficient (Wildman–Crippen LogP) is 3.71. The van der Waals surface area contributed by atoms with E-state index in [0.29, 0.717) is 41.7 Å². The summed E-state index contributed by atoms with van der Waals surface area (Å²) in [5, 5.41) is 5.55. The van der Waals surface area contributed by atoms with E-state index in [2.05, 4.69) is 15.5 Å². The van der Waals surface area contributed by atoms with E-state index in [4.69, 9.17) is 21.7 Å². The Morgan fingerprint density at radius 2 is 1.76 bits per heavy atom. The van der Waals surface area contributed by atoms with Crippen LogP contribution >= 0.6 is 12.2 Å². The molecule has 0 atom stereocenters. The van der Waals surface area contributed by atoms with Gasteiger partial charge in [-0.2, -0.15) is 0 Å². The molecule has 0 aliphatic carbocycles. The summed E-state index contributed by atoms with van der Waals surface area (Å²) in [6.07, 6.45) is 3.35. The molecule has 1 fully saturated rings. The summed E-state index contributed by atoms with van der Waals surface area (Å²) < 4.78 is 25.5. The second kappa shape index (κ2) is 8.65. The zero-order valence-corrected chi connectivity index (χ0v) is 16.7. The number of rotatable bonds is 3. The van der Waals surface area contributed by atoms with Gasteiger partial charge < -0.3 is 19.7 Å². The number of anilines is 2. The topological polar surface area (TPSA) is 62.8 Å². The van der Waals surface area contributed by atoms with E-state index in [1.807, 2.05) is 0 Å². The normalized spacial score (nSPS) is 15.6. The number of carbonyl (C=O) groups is 1. The first-order valence-electron chi connectivity index (χ1n) is 9.66. The monoisotopic (exact) mass is 415 g/mol. The lowest BCUT2D eigenvalue weighted by Gasteiger charge is -2.29. The number of hydrogen-bond acceptors (Lipinski definition) is 5. The highest BCUT2D eigenvalue weighted by atomic mass is 32.1. The van der Waals surface area contributed by atoms with Crippen LogP contribution in [0, 0.1) is 5.82 Å². The second-order valence-corrected chi connectivity index (χ2v) is 7.39. The smallest absolute Gasteiger partial charge is 0.257 e. The average molecular weight is 415 g/mol. The SMILES string of the molecule is O=C(NC(=S)Nc1ccc(N2CCCCC2)c(F)c1)c1ccc2c(c1)OCCO2. The molecule has 29 heavy (non-hydrogen) atoms. The molecule has 0 radical (unpaired) electrons. The summed E-state index contributed by atoms with van der Waals surface area (Å²) in [5.74, 6) is 0.443. The minimum absolute atomic E-state index is 0.0926. The van der Waals surface area contributed by atoms with Crippen LogP contribution in [-0.2, 0) is 0 Å². The van der Waals surface area contributed by atoms with Gasteiger partial charge in [0.05, 0.1) is 5.69 Å². The van der Waals surface area contributed by atoms with Crippen molar-refractivity contribution < 1.29 is 18.7 Å². The number of piperidine rings is 1. The number of halogens is 1. The average Bonchev–Trinajstić information content (AvgIpc) is 2.74. The molecular weight excluding hydrogens is 393 g/mol. The lowest BCUT2D eigenvalue weighted by Crippen LogP contribution is -2.34. The van der Waals surface area contributed by atoms with Crippen LogP contribution in [0.15, 0.2) is 36.4 Å². The highest BCUT2D eigenvalue weighted by molar-refractivity contribution is 7.80. The number of nitrogens with one attached hydrogen (secondary N) is 2. The molecule has 1 saturated heterocycles. The van der Waals surface area contributed by atoms with Crippen molar-refractivity contribution in [1.82, 2.24) is 5.32 Å². The molecule has 0 spiro atoms. The summed E-state index contributed by atoms with van der Waals surface area (Å²) in [7, 11) is 0. The van der Waals surface area contributed by atoms with Gasteiger partial charge in [-0.05, 0) is 67.9 Å². The first-order chi connectivity index (χ1) is 14.1. The molecule has 152 valence electrons. The van der Waals surface area contributed by atoms with Crippen LogP contribution in [0.5, 0.6) is 11.5 Å². The molecule has 2 aliphatic rings. The van der Waals surface area contributed by atoms with Crippen molar-refractivity contribution in [1.29, 1.82) is 0 Å². The van der Waals surface area contributed by atoms with Gasteiger partial charge in [0, 0.05) is 24.3 Å². The summed E-state index contributed by atoms with van der Waals surface area (Å²) in [5.41, 5.74) is 1.47. The number of carbonyl (C=O) groups excluding carboxylic acids is 1. The van der Waals surface area contributed by atoms with Crippen LogP contribution in [0.2, 0.25) is 0 Å². The maximum Gasteiger partial charge on any atom is 0.257 e. The molecular formula is C21H22FN3O3S. The summed E-state index contributed by atoms with van der Waals surface area (Å²) in [4.78, 5) is 14.5. The molecule has 2 N–H and O–H groups in total. The third-order valence-electron chi connectivity index (χ3n) is 4.93. The van der Waals surface area contributed by atoms with Gasteiger partial charge in [-0.1, -0.05) is 0 Å². The maximum atomic E-state index is 14.5. The van der Waals surface area contributed by atoms with E-state index in [1.165, 1.54) is 12.5 Å². The van der Waals surface area contributed by atoms with Gasteiger partial charge in [0.25, 0.3) is 5.91 Å². The first-order valence-corrected chi connectivity index (χ1v) is 10.1. The second-order valence-electron chi connectivity index (χ2n) is 6.98. The van der Waals surface area contributed by atoms with Gasteiger partial charge in [-0.3, -0.25) is 10.1 Å². The Morgan fingerprint density at radius 1 is 1.00 bits per heavy atom. The van der Waals surface area contributed by atoms with E-state index < -0.39 is 0 Å². The molecule has 2 aromatic rings. The van der Waals surface area contributed by atoms with Crippen LogP contribution in [-0.4, -0.2) is 37.3 Å². The zero-order chi connectivity index (χ0) is 20.2. The number of benzene rings is 2. The first kappa shape index (κ1) is 19.4. The van der Waals surface area contributed by atoms with Crippen LogP contribution < -0.4 is 25.0 Å². The van der Waals surface area contributed by atoms with Crippen molar-refractivity contribution in [3.05, 3.63) is 47.8 Å². The molecule has 2 heterocycles. The van der Waals surface area contributed by atoms with Gasteiger partial charge >= 0.3 is 0 Å². The standard InChI is InChI=1S/C21H22FN3O3S/c22-16-13-15(5-6-17(16)25-8-2-1-3-9-25)23-21(29)24-20(26)14-4-7-18-19(12-14)28-11-10-27-18/h4-7,12-13H,1-3,8-11H2,(H2,23,24,26,29). The van der Waals surface area contributed by atoms with E-state index in [9.17, 15) is 9.18 Å². The number of amides is 1. The van der Waals surface area contributed by atoms with Gasteiger partial charge in [-0.15, -0.1) is 0 Å². The molecule has 0 bridgehead atoms. The van der Waals surface area contributed by atoms with Crippen molar-refractivity contribution >= 4 is 34.6 Å². The van der Waals surface area contributed by atoms with E-state index >= 15 is 0 Å². The van der Waals surface area contributed by atoms with Crippen LogP contribution in [0.25, 0.3) is 0 Å². The molecule has 0 aromatic heterocycles. The lowest BCUT2D eigenvalue weighted by atomic mass is 10.1. The Bertz CT molecular complexity index is 931. The summed E-state index contributed by atoms with van der Waals surface area (Å²) in [6.45, 7) is 2.66. The molecule has 4 rings (SSSR count). The van der Waals surface area contributed by atoms with Crippen LogP contribution in [0.1, 0.15) is 29.6 Å². The Kier molecular flexibility index (Phi) is 5.80. The highest BCUT2D eigenvalue weighted by Gasteiger charge is 2.17. The van der Waals surface area contributed by atoms with Crippen molar-refractivity contribution in [3.8, 4) is 11.5 Å². The van der Waals surface area contributed by atoms with Gasteiger partial charge in [0.15, 0.2) is 16.6 Å². The quantitative estimate of drug-likeness (QED) is 0.746. The third kappa shape index (κ3) is 4.59. The van der Waals surface area contributed by atoms with Crippen LogP contribution in [0.4, 0.5) is 15.8 Å².